The van der Waals surface area contributed by atoms with Crippen molar-refractivity contribution in [2.45, 2.75) is 70.8 Å². The van der Waals surface area contributed by atoms with Crippen molar-refractivity contribution in [2.75, 3.05) is 7.11 Å². The Labute approximate surface area is 169 Å². The van der Waals surface area contributed by atoms with Gasteiger partial charge in [-0.25, -0.2) is 0 Å². The molecule has 0 N–H and O–H groups in total. The number of carbonyl (C=O) groups is 1. The molecule has 3 heteroatoms. The summed E-state index contributed by atoms with van der Waals surface area (Å²) in [4.78, 5) is 11.3. The third-order valence-electron chi connectivity index (χ3n) is 6.09. The fourth-order valence-electron chi connectivity index (χ4n) is 3.99. The van der Waals surface area contributed by atoms with Gasteiger partial charge in [0.1, 0.15) is 12.4 Å². The van der Waals surface area contributed by atoms with Gasteiger partial charge < -0.3 is 9.47 Å². The summed E-state index contributed by atoms with van der Waals surface area (Å²) >= 11 is 0. The van der Waals surface area contributed by atoms with E-state index in [1.807, 2.05) is 24.3 Å². The van der Waals surface area contributed by atoms with Gasteiger partial charge in [0.2, 0.25) is 0 Å². The summed E-state index contributed by atoms with van der Waals surface area (Å²) in [5, 5.41) is 0. The maximum atomic E-state index is 11.3. The van der Waals surface area contributed by atoms with Crippen LogP contribution < -0.4 is 4.74 Å². The van der Waals surface area contributed by atoms with Gasteiger partial charge in [-0.3, -0.25) is 4.79 Å². The molecule has 0 spiro atoms. The number of hydrogen-bond donors (Lipinski definition) is 0. The molecule has 2 aromatic rings. The Morgan fingerprint density at radius 2 is 1.50 bits per heavy atom. The molecule has 0 aliphatic heterocycles. The molecule has 150 valence electrons. The van der Waals surface area contributed by atoms with E-state index in [1.54, 1.807) is 0 Å². The van der Waals surface area contributed by atoms with Gasteiger partial charge in [-0.2, -0.15) is 0 Å². The van der Waals surface area contributed by atoms with Gasteiger partial charge in [-0.15, -0.1) is 0 Å². The van der Waals surface area contributed by atoms with Crippen molar-refractivity contribution < 1.29 is 14.3 Å². The molecule has 0 unspecified atom stereocenters. The standard InChI is InChI=1S/C25H32O3/c1-24(2)14-15-25(3,4)22-16-19(8-12-21(22)24)17-28-20-10-6-18(7-11-20)9-13-23(26)27-5/h6-8,10-12,16H,9,13-15,17H2,1-5H3. The lowest BCUT2D eigenvalue weighted by atomic mass is 9.63. The molecule has 0 amide bonds. The second-order valence-corrected chi connectivity index (χ2v) is 9.16. The number of fused-ring (bicyclic) bond motifs is 1. The van der Waals surface area contributed by atoms with Gasteiger partial charge >= 0.3 is 5.97 Å². The van der Waals surface area contributed by atoms with Crippen molar-refractivity contribution >= 4 is 5.97 Å². The maximum Gasteiger partial charge on any atom is 0.305 e. The summed E-state index contributed by atoms with van der Waals surface area (Å²) < 4.78 is 10.7. The minimum atomic E-state index is -0.182. The zero-order valence-electron chi connectivity index (χ0n) is 17.8. The number of hydrogen-bond acceptors (Lipinski definition) is 3. The van der Waals surface area contributed by atoms with Gasteiger partial charge in [0.15, 0.2) is 0 Å². The predicted octanol–water partition coefficient (Wildman–Crippen LogP) is 5.72. The number of ether oxygens (including phenoxy) is 2. The van der Waals surface area contributed by atoms with Gasteiger partial charge in [0.05, 0.1) is 7.11 Å². The van der Waals surface area contributed by atoms with Crippen molar-refractivity contribution in [2.24, 2.45) is 0 Å². The highest BCUT2D eigenvalue weighted by Gasteiger charge is 2.36. The third-order valence-corrected chi connectivity index (χ3v) is 6.09. The van der Waals surface area contributed by atoms with Crippen LogP contribution in [0, 0.1) is 0 Å². The zero-order chi connectivity index (χ0) is 20.4. The second kappa shape index (κ2) is 7.98. The molecule has 1 aliphatic carbocycles. The van der Waals surface area contributed by atoms with E-state index in [4.69, 9.17) is 4.74 Å². The van der Waals surface area contributed by atoms with Crippen molar-refractivity contribution in [1.29, 1.82) is 0 Å². The van der Waals surface area contributed by atoms with E-state index in [1.165, 1.54) is 36.6 Å². The van der Waals surface area contributed by atoms with Crippen LogP contribution >= 0.6 is 0 Å². The first-order chi connectivity index (χ1) is 13.2. The molecule has 28 heavy (non-hydrogen) atoms. The smallest absolute Gasteiger partial charge is 0.305 e. The third kappa shape index (κ3) is 4.57. The van der Waals surface area contributed by atoms with Crippen LogP contribution in [0.5, 0.6) is 5.75 Å². The molecule has 0 bridgehead atoms. The van der Waals surface area contributed by atoms with E-state index >= 15 is 0 Å². The van der Waals surface area contributed by atoms with Crippen LogP contribution in [0.25, 0.3) is 0 Å². The van der Waals surface area contributed by atoms with E-state index < -0.39 is 0 Å². The molecule has 0 atom stereocenters. The topological polar surface area (TPSA) is 35.5 Å². The highest BCUT2D eigenvalue weighted by Crippen LogP contribution is 2.45. The summed E-state index contributed by atoms with van der Waals surface area (Å²) in [6.07, 6.45) is 3.52. The van der Waals surface area contributed by atoms with Crippen LogP contribution in [0.2, 0.25) is 0 Å². The predicted molar refractivity (Wildman–Crippen MR) is 113 cm³/mol. The van der Waals surface area contributed by atoms with Gasteiger partial charge in [-0.05, 0) is 64.5 Å². The van der Waals surface area contributed by atoms with Crippen molar-refractivity contribution in [3.05, 3.63) is 64.7 Å². The maximum absolute atomic E-state index is 11.3. The van der Waals surface area contributed by atoms with E-state index in [0.717, 1.165) is 11.3 Å². The first-order valence-electron chi connectivity index (χ1n) is 10.1. The largest absolute Gasteiger partial charge is 0.489 e. The van der Waals surface area contributed by atoms with Crippen LogP contribution in [0.15, 0.2) is 42.5 Å². The molecule has 0 aromatic heterocycles. The normalized spacial score (nSPS) is 16.9. The molecular weight excluding hydrogens is 348 g/mol. The quantitative estimate of drug-likeness (QED) is 0.601. The Hall–Kier alpha value is -2.29. The zero-order valence-corrected chi connectivity index (χ0v) is 17.8. The molecule has 2 aromatic carbocycles. The van der Waals surface area contributed by atoms with E-state index in [2.05, 4.69) is 50.6 Å². The number of benzene rings is 2. The minimum Gasteiger partial charge on any atom is -0.489 e. The lowest BCUT2D eigenvalue weighted by molar-refractivity contribution is -0.140. The number of aryl methyl sites for hydroxylation is 1. The molecule has 0 radical (unpaired) electrons. The van der Waals surface area contributed by atoms with Crippen molar-refractivity contribution in [1.82, 2.24) is 0 Å². The Kier molecular flexibility index (Phi) is 5.83. The summed E-state index contributed by atoms with van der Waals surface area (Å²) in [5.74, 6) is 0.665. The molecule has 0 heterocycles. The number of carbonyl (C=O) groups excluding carboxylic acids is 1. The molecule has 0 fully saturated rings. The number of esters is 1. The van der Waals surface area contributed by atoms with Crippen LogP contribution in [-0.2, 0) is 33.4 Å². The Morgan fingerprint density at radius 3 is 2.14 bits per heavy atom. The average Bonchev–Trinajstić information content (AvgIpc) is 2.69. The number of rotatable bonds is 6. The van der Waals surface area contributed by atoms with Crippen LogP contribution in [0.1, 0.15) is 69.2 Å². The van der Waals surface area contributed by atoms with Gasteiger partial charge in [0.25, 0.3) is 0 Å². The molecular formula is C25H32O3. The fraction of sp³-hybridized carbons (Fsp3) is 0.480. The molecule has 3 rings (SSSR count). The lowest BCUT2D eigenvalue weighted by Crippen LogP contribution is -2.33. The lowest BCUT2D eigenvalue weighted by Gasteiger charge is -2.42. The summed E-state index contributed by atoms with van der Waals surface area (Å²) in [6, 6.07) is 14.8. The fourth-order valence-corrected chi connectivity index (χ4v) is 3.99. The van der Waals surface area contributed by atoms with Crippen LogP contribution in [0.3, 0.4) is 0 Å². The summed E-state index contributed by atoms with van der Waals surface area (Å²) in [5.41, 5.74) is 5.70. The minimum absolute atomic E-state index is 0.182. The first-order valence-corrected chi connectivity index (χ1v) is 10.1. The van der Waals surface area contributed by atoms with Crippen LogP contribution in [0.4, 0.5) is 0 Å². The summed E-state index contributed by atoms with van der Waals surface area (Å²) in [6.45, 7) is 9.95. The first kappa shape index (κ1) is 20.4. The monoisotopic (exact) mass is 380 g/mol. The Balaban J connectivity index is 1.66. The van der Waals surface area contributed by atoms with Crippen LogP contribution in [-0.4, -0.2) is 13.1 Å². The van der Waals surface area contributed by atoms with E-state index in [0.29, 0.717) is 19.4 Å². The Bertz CT molecular complexity index is 831. The van der Waals surface area contributed by atoms with Gasteiger partial charge in [0, 0.05) is 6.42 Å². The molecule has 3 nitrogen and oxygen atoms in total. The van der Waals surface area contributed by atoms with Gasteiger partial charge in [-0.1, -0.05) is 58.0 Å². The highest BCUT2D eigenvalue weighted by molar-refractivity contribution is 5.69. The Morgan fingerprint density at radius 1 is 0.893 bits per heavy atom. The van der Waals surface area contributed by atoms with E-state index in [9.17, 15) is 4.79 Å². The second-order valence-electron chi connectivity index (χ2n) is 9.16. The summed E-state index contributed by atoms with van der Waals surface area (Å²) in [7, 11) is 1.42. The number of methoxy groups -OCH3 is 1. The molecule has 1 aliphatic rings. The SMILES string of the molecule is COC(=O)CCc1ccc(OCc2ccc3c(c2)C(C)(C)CCC3(C)C)cc1. The van der Waals surface area contributed by atoms with Crippen molar-refractivity contribution in [3.8, 4) is 5.75 Å². The highest BCUT2D eigenvalue weighted by atomic mass is 16.5. The van der Waals surface area contributed by atoms with E-state index in [-0.39, 0.29) is 16.8 Å². The van der Waals surface area contributed by atoms with Crippen molar-refractivity contribution in [3.63, 3.8) is 0 Å². The average molecular weight is 381 g/mol. The molecule has 0 saturated carbocycles. The molecule has 0 saturated heterocycles.